The van der Waals surface area contributed by atoms with Crippen molar-refractivity contribution >= 4 is 0 Å². The fourth-order valence-electron chi connectivity index (χ4n) is 2.99. The summed E-state index contributed by atoms with van der Waals surface area (Å²) in [6.07, 6.45) is 7.08. The topological polar surface area (TPSA) is 29.3 Å². The van der Waals surface area contributed by atoms with Gasteiger partial charge in [-0.25, -0.2) is 0 Å². The maximum atomic E-state index is 5.56. The average Bonchev–Trinajstić information content (AvgIpc) is 2.49. The molecule has 2 rings (SSSR count). The van der Waals surface area contributed by atoms with Gasteiger partial charge < -0.3 is 5.73 Å². The van der Waals surface area contributed by atoms with Gasteiger partial charge in [0.1, 0.15) is 0 Å². The standard InChI is InChI=1S/C11H22N2/c1-10(4-7-12)13-8-11(9-13)5-2-3-6-11/h10H,2-9,12H2,1H3. The van der Waals surface area contributed by atoms with Crippen molar-refractivity contribution in [2.24, 2.45) is 11.1 Å². The van der Waals surface area contributed by atoms with E-state index in [1.54, 1.807) is 0 Å². The van der Waals surface area contributed by atoms with Gasteiger partial charge in [-0.3, -0.25) is 4.90 Å². The monoisotopic (exact) mass is 182 g/mol. The van der Waals surface area contributed by atoms with Crippen LogP contribution in [0.15, 0.2) is 0 Å². The summed E-state index contributed by atoms with van der Waals surface area (Å²) in [6.45, 7) is 5.86. The lowest BCUT2D eigenvalue weighted by Gasteiger charge is -2.51. The second-order valence-electron chi connectivity index (χ2n) is 5.04. The van der Waals surface area contributed by atoms with E-state index in [0.29, 0.717) is 0 Å². The predicted octanol–water partition coefficient (Wildman–Crippen LogP) is 1.60. The van der Waals surface area contributed by atoms with Crippen LogP contribution >= 0.6 is 0 Å². The van der Waals surface area contributed by atoms with E-state index in [0.717, 1.165) is 24.4 Å². The van der Waals surface area contributed by atoms with Gasteiger partial charge in [-0.05, 0) is 38.1 Å². The van der Waals surface area contributed by atoms with Crippen molar-refractivity contribution in [1.29, 1.82) is 0 Å². The number of likely N-dealkylation sites (tertiary alicyclic amines) is 1. The molecular formula is C11H22N2. The molecule has 2 heteroatoms. The summed E-state index contributed by atoms with van der Waals surface area (Å²) in [6, 6.07) is 0.719. The van der Waals surface area contributed by atoms with Crippen LogP contribution in [0.3, 0.4) is 0 Å². The second kappa shape index (κ2) is 3.58. The third kappa shape index (κ3) is 1.75. The Kier molecular flexibility index (Phi) is 2.61. The molecule has 0 bridgehead atoms. The Morgan fingerprint density at radius 1 is 1.31 bits per heavy atom. The number of hydrogen-bond acceptors (Lipinski definition) is 2. The minimum absolute atomic E-state index is 0.719. The van der Waals surface area contributed by atoms with Crippen molar-refractivity contribution in [2.45, 2.75) is 45.1 Å². The van der Waals surface area contributed by atoms with Crippen molar-refractivity contribution in [2.75, 3.05) is 19.6 Å². The summed E-state index contributed by atoms with van der Waals surface area (Å²) in [5, 5.41) is 0. The fraction of sp³-hybridized carbons (Fsp3) is 1.00. The Hall–Kier alpha value is -0.0800. The molecule has 0 aromatic heterocycles. The van der Waals surface area contributed by atoms with Crippen molar-refractivity contribution < 1.29 is 0 Å². The Morgan fingerprint density at radius 2 is 1.92 bits per heavy atom. The van der Waals surface area contributed by atoms with Crippen molar-refractivity contribution in [3.63, 3.8) is 0 Å². The summed E-state index contributed by atoms with van der Waals surface area (Å²) >= 11 is 0. The molecule has 1 heterocycles. The highest BCUT2D eigenvalue weighted by atomic mass is 15.2. The third-order valence-corrected chi connectivity index (χ3v) is 3.95. The van der Waals surface area contributed by atoms with Gasteiger partial charge in [0.05, 0.1) is 0 Å². The van der Waals surface area contributed by atoms with Crippen LogP contribution < -0.4 is 5.73 Å². The van der Waals surface area contributed by atoms with Crippen LogP contribution in [-0.2, 0) is 0 Å². The minimum Gasteiger partial charge on any atom is -0.330 e. The van der Waals surface area contributed by atoms with E-state index in [4.69, 9.17) is 5.73 Å². The smallest absolute Gasteiger partial charge is 0.00794 e. The molecule has 1 aliphatic heterocycles. The molecule has 0 radical (unpaired) electrons. The highest BCUT2D eigenvalue weighted by molar-refractivity contribution is 4.99. The molecule has 0 aromatic carbocycles. The predicted molar refractivity (Wildman–Crippen MR) is 55.6 cm³/mol. The number of nitrogens with two attached hydrogens (primary N) is 1. The molecule has 1 saturated heterocycles. The normalized spacial score (nSPS) is 29.1. The SMILES string of the molecule is CC(CCN)N1CC2(CCCC2)C1. The van der Waals surface area contributed by atoms with Gasteiger partial charge in [0, 0.05) is 19.1 Å². The van der Waals surface area contributed by atoms with Crippen LogP contribution in [0.4, 0.5) is 0 Å². The molecule has 0 aromatic rings. The van der Waals surface area contributed by atoms with Gasteiger partial charge in [-0.1, -0.05) is 12.8 Å². The highest BCUT2D eigenvalue weighted by Gasteiger charge is 2.45. The van der Waals surface area contributed by atoms with E-state index in [2.05, 4.69) is 11.8 Å². The minimum atomic E-state index is 0.719. The van der Waals surface area contributed by atoms with Gasteiger partial charge in [0.15, 0.2) is 0 Å². The van der Waals surface area contributed by atoms with E-state index >= 15 is 0 Å². The second-order valence-corrected chi connectivity index (χ2v) is 5.04. The number of rotatable bonds is 3. The zero-order valence-electron chi connectivity index (χ0n) is 8.76. The van der Waals surface area contributed by atoms with Gasteiger partial charge >= 0.3 is 0 Å². The largest absolute Gasteiger partial charge is 0.330 e. The Bertz CT molecular complexity index is 165. The van der Waals surface area contributed by atoms with Crippen LogP contribution in [0.25, 0.3) is 0 Å². The van der Waals surface area contributed by atoms with Gasteiger partial charge in [0.2, 0.25) is 0 Å². The number of nitrogens with zero attached hydrogens (tertiary/aromatic N) is 1. The lowest BCUT2D eigenvalue weighted by molar-refractivity contribution is -0.0232. The van der Waals surface area contributed by atoms with Gasteiger partial charge in [-0.2, -0.15) is 0 Å². The molecule has 2 aliphatic rings. The summed E-state index contributed by atoms with van der Waals surface area (Å²) in [5.41, 5.74) is 6.32. The molecule has 1 aliphatic carbocycles. The first-order chi connectivity index (χ1) is 6.26. The molecule has 2 nitrogen and oxygen atoms in total. The van der Waals surface area contributed by atoms with Crippen molar-refractivity contribution in [1.82, 2.24) is 4.90 Å². The van der Waals surface area contributed by atoms with Crippen molar-refractivity contribution in [3.05, 3.63) is 0 Å². The zero-order chi connectivity index (χ0) is 9.31. The molecule has 1 saturated carbocycles. The summed E-state index contributed by atoms with van der Waals surface area (Å²) in [4.78, 5) is 2.61. The van der Waals surface area contributed by atoms with Gasteiger partial charge in [-0.15, -0.1) is 0 Å². The van der Waals surface area contributed by atoms with Crippen LogP contribution in [0.1, 0.15) is 39.0 Å². The third-order valence-electron chi connectivity index (χ3n) is 3.95. The molecule has 2 fully saturated rings. The maximum Gasteiger partial charge on any atom is 0.00794 e. The van der Waals surface area contributed by atoms with E-state index in [9.17, 15) is 0 Å². The maximum absolute atomic E-state index is 5.56. The summed E-state index contributed by atoms with van der Waals surface area (Å²) < 4.78 is 0. The molecule has 0 amide bonds. The average molecular weight is 182 g/mol. The summed E-state index contributed by atoms with van der Waals surface area (Å²) in [7, 11) is 0. The van der Waals surface area contributed by atoms with E-state index in [1.165, 1.54) is 38.8 Å². The quantitative estimate of drug-likeness (QED) is 0.718. The fourth-order valence-corrected chi connectivity index (χ4v) is 2.99. The zero-order valence-corrected chi connectivity index (χ0v) is 8.76. The van der Waals surface area contributed by atoms with Crippen LogP contribution in [-0.4, -0.2) is 30.6 Å². The first kappa shape index (κ1) is 9.47. The number of hydrogen-bond donors (Lipinski definition) is 1. The van der Waals surface area contributed by atoms with Crippen LogP contribution in [0, 0.1) is 5.41 Å². The van der Waals surface area contributed by atoms with Gasteiger partial charge in [0.25, 0.3) is 0 Å². The Labute approximate surface area is 81.5 Å². The summed E-state index contributed by atoms with van der Waals surface area (Å²) in [5.74, 6) is 0. The first-order valence-corrected chi connectivity index (χ1v) is 5.70. The van der Waals surface area contributed by atoms with Crippen LogP contribution in [0.5, 0.6) is 0 Å². The Morgan fingerprint density at radius 3 is 2.46 bits per heavy atom. The lowest BCUT2D eigenvalue weighted by Crippen LogP contribution is -2.58. The molecule has 1 atom stereocenters. The van der Waals surface area contributed by atoms with E-state index < -0.39 is 0 Å². The molecule has 13 heavy (non-hydrogen) atoms. The lowest BCUT2D eigenvalue weighted by atomic mass is 9.77. The molecule has 76 valence electrons. The van der Waals surface area contributed by atoms with E-state index in [1.807, 2.05) is 0 Å². The molecule has 1 spiro atoms. The van der Waals surface area contributed by atoms with Crippen LogP contribution in [0.2, 0.25) is 0 Å². The molecular weight excluding hydrogens is 160 g/mol. The molecule has 1 unspecified atom stereocenters. The molecule has 2 N–H and O–H groups in total. The van der Waals surface area contributed by atoms with Crippen molar-refractivity contribution in [3.8, 4) is 0 Å². The van der Waals surface area contributed by atoms with E-state index in [-0.39, 0.29) is 0 Å². The highest BCUT2D eigenvalue weighted by Crippen LogP contribution is 2.46. The first-order valence-electron chi connectivity index (χ1n) is 5.70. The Balaban J connectivity index is 1.76.